The highest BCUT2D eigenvalue weighted by Crippen LogP contribution is 2.15. The minimum absolute atomic E-state index is 0.134. The van der Waals surface area contributed by atoms with Gasteiger partial charge in [-0.1, -0.05) is 24.3 Å². The van der Waals surface area contributed by atoms with Crippen molar-refractivity contribution in [3.63, 3.8) is 0 Å². The van der Waals surface area contributed by atoms with Gasteiger partial charge in [-0.15, -0.1) is 0 Å². The van der Waals surface area contributed by atoms with Crippen molar-refractivity contribution in [3.05, 3.63) is 65.5 Å². The maximum absolute atomic E-state index is 12.4. The Morgan fingerprint density at radius 2 is 2.00 bits per heavy atom. The van der Waals surface area contributed by atoms with Gasteiger partial charge in [-0.3, -0.25) is 4.79 Å². The van der Waals surface area contributed by atoms with Gasteiger partial charge < -0.3 is 15.4 Å². The molecule has 3 aromatic rings. The third kappa shape index (κ3) is 4.67. The van der Waals surface area contributed by atoms with E-state index in [-0.39, 0.29) is 5.91 Å². The molecule has 0 aliphatic carbocycles. The number of aromatic amines is 1. The molecule has 0 unspecified atom stereocenters. The number of H-pyrrole nitrogens is 1. The molecule has 0 bridgehead atoms. The van der Waals surface area contributed by atoms with Crippen molar-refractivity contribution in [1.82, 2.24) is 15.3 Å². The summed E-state index contributed by atoms with van der Waals surface area (Å²) >= 11 is 0. The van der Waals surface area contributed by atoms with Gasteiger partial charge in [0.25, 0.3) is 5.91 Å². The van der Waals surface area contributed by atoms with Crippen LogP contribution in [0.25, 0.3) is 11.0 Å². The lowest BCUT2D eigenvalue weighted by atomic mass is 9.98. The van der Waals surface area contributed by atoms with Gasteiger partial charge in [-0.25, -0.2) is 4.98 Å². The van der Waals surface area contributed by atoms with Crippen LogP contribution in [-0.4, -0.2) is 26.6 Å². The number of hydrogen-bond donors (Lipinski definition) is 3. The third-order valence-electron chi connectivity index (χ3n) is 4.07. The fourth-order valence-corrected chi connectivity index (χ4v) is 2.67. The lowest BCUT2D eigenvalue weighted by Crippen LogP contribution is -2.23. The Morgan fingerprint density at radius 1 is 1.20 bits per heavy atom. The number of fused-ring (bicyclic) bond motifs is 1. The van der Waals surface area contributed by atoms with Crippen molar-refractivity contribution < 1.29 is 9.90 Å². The average molecular weight is 337 g/mol. The summed E-state index contributed by atoms with van der Waals surface area (Å²) in [5.41, 5.74) is 2.79. The van der Waals surface area contributed by atoms with Crippen molar-refractivity contribution >= 4 is 16.9 Å². The lowest BCUT2D eigenvalue weighted by Gasteiger charge is -2.16. The highest BCUT2D eigenvalue weighted by Gasteiger charge is 2.13. The van der Waals surface area contributed by atoms with Crippen LogP contribution in [0.5, 0.6) is 0 Å². The van der Waals surface area contributed by atoms with E-state index in [4.69, 9.17) is 0 Å². The Labute approximate surface area is 147 Å². The third-order valence-corrected chi connectivity index (χ3v) is 4.07. The zero-order valence-corrected chi connectivity index (χ0v) is 14.5. The smallest absolute Gasteiger partial charge is 0.251 e. The molecular formula is C20H23N3O2. The molecule has 0 radical (unpaired) electrons. The van der Waals surface area contributed by atoms with Crippen molar-refractivity contribution in [2.24, 2.45) is 0 Å². The minimum atomic E-state index is -0.709. The van der Waals surface area contributed by atoms with E-state index >= 15 is 0 Å². The number of imidazole rings is 1. The van der Waals surface area contributed by atoms with E-state index < -0.39 is 5.60 Å². The fourth-order valence-electron chi connectivity index (χ4n) is 2.67. The summed E-state index contributed by atoms with van der Waals surface area (Å²) in [5.74, 6) is 0.596. The molecule has 1 aromatic heterocycles. The molecule has 0 spiro atoms. The first-order valence-corrected chi connectivity index (χ1v) is 8.44. The molecule has 0 atom stereocenters. The molecule has 0 saturated carbocycles. The van der Waals surface area contributed by atoms with Gasteiger partial charge >= 0.3 is 0 Å². The van der Waals surface area contributed by atoms with Crippen LogP contribution >= 0.6 is 0 Å². The number of aromatic nitrogens is 2. The molecule has 0 aliphatic rings. The zero-order chi connectivity index (χ0) is 17.9. The summed E-state index contributed by atoms with van der Waals surface area (Å²) < 4.78 is 0. The van der Waals surface area contributed by atoms with Crippen LogP contribution in [0, 0.1) is 0 Å². The van der Waals surface area contributed by atoms with E-state index in [9.17, 15) is 9.90 Å². The maximum atomic E-state index is 12.4. The average Bonchev–Trinajstić information content (AvgIpc) is 3.00. The molecule has 0 fully saturated rings. The normalized spacial score (nSPS) is 11.6. The topological polar surface area (TPSA) is 78.0 Å². The predicted molar refractivity (Wildman–Crippen MR) is 98.3 cm³/mol. The van der Waals surface area contributed by atoms with Gasteiger partial charge in [-0.2, -0.15) is 0 Å². The largest absolute Gasteiger partial charge is 0.390 e. The summed E-state index contributed by atoms with van der Waals surface area (Å²) in [5, 5.41) is 12.7. The first kappa shape index (κ1) is 17.2. The van der Waals surface area contributed by atoms with Crippen molar-refractivity contribution in [3.8, 4) is 0 Å². The van der Waals surface area contributed by atoms with Gasteiger partial charge in [0.2, 0.25) is 0 Å². The maximum Gasteiger partial charge on any atom is 0.251 e. The first-order valence-electron chi connectivity index (χ1n) is 8.44. The van der Waals surface area contributed by atoms with Crippen LogP contribution in [-0.2, 0) is 13.0 Å². The number of carbonyl (C=O) groups is 1. The molecule has 5 nitrogen and oxygen atoms in total. The Morgan fingerprint density at radius 3 is 2.76 bits per heavy atom. The van der Waals surface area contributed by atoms with Crippen molar-refractivity contribution in [2.75, 3.05) is 0 Å². The summed E-state index contributed by atoms with van der Waals surface area (Å²) in [6, 6.07) is 15.3. The SMILES string of the molecule is CC(C)(O)CCc1cccc(C(=O)NCc2nc3ccccc3[nH]2)c1. The number of nitrogens with zero attached hydrogens (tertiary/aromatic N) is 1. The zero-order valence-electron chi connectivity index (χ0n) is 14.5. The Bertz CT molecular complexity index is 845. The Balaban J connectivity index is 1.62. The van der Waals surface area contributed by atoms with Crippen molar-refractivity contribution in [2.45, 2.75) is 38.8 Å². The van der Waals surface area contributed by atoms with E-state index in [1.54, 1.807) is 19.9 Å². The van der Waals surface area contributed by atoms with E-state index in [1.807, 2.05) is 42.5 Å². The van der Waals surface area contributed by atoms with Crippen LogP contribution in [0.1, 0.15) is 42.0 Å². The van der Waals surface area contributed by atoms with E-state index in [2.05, 4.69) is 15.3 Å². The molecule has 25 heavy (non-hydrogen) atoms. The van der Waals surface area contributed by atoms with E-state index in [0.717, 1.165) is 28.8 Å². The van der Waals surface area contributed by atoms with Crippen molar-refractivity contribution in [1.29, 1.82) is 0 Å². The van der Waals surface area contributed by atoms with Gasteiger partial charge in [-0.05, 0) is 56.5 Å². The van der Waals surface area contributed by atoms with Crippen LogP contribution in [0.15, 0.2) is 48.5 Å². The molecule has 1 heterocycles. The first-order chi connectivity index (χ1) is 11.9. The lowest BCUT2D eigenvalue weighted by molar-refractivity contribution is 0.0714. The number of carbonyl (C=O) groups excluding carboxylic acids is 1. The van der Waals surface area contributed by atoms with E-state index in [1.165, 1.54) is 0 Å². The van der Waals surface area contributed by atoms with Crippen LogP contribution in [0.2, 0.25) is 0 Å². The van der Waals surface area contributed by atoms with Gasteiger partial charge in [0.15, 0.2) is 0 Å². The van der Waals surface area contributed by atoms with Gasteiger partial charge in [0.05, 0.1) is 23.2 Å². The van der Waals surface area contributed by atoms with E-state index in [0.29, 0.717) is 18.5 Å². The summed E-state index contributed by atoms with van der Waals surface area (Å²) in [6.07, 6.45) is 1.38. The molecular weight excluding hydrogens is 314 g/mol. The predicted octanol–water partition coefficient (Wildman–Crippen LogP) is 3.20. The number of amides is 1. The number of benzene rings is 2. The highest BCUT2D eigenvalue weighted by molar-refractivity contribution is 5.94. The molecule has 0 saturated heterocycles. The number of hydrogen-bond acceptors (Lipinski definition) is 3. The second-order valence-electron chi connectivity index (χ2n) is 6.90. The molecule has 1 amide bonds. The van der Waals surface area contributed by atoms with Crippen LogP contribution < -0.4 is 5.32 Å². The molecule has 5 heteroatoms. The number of nitrogens with one attached hydrogen (secondary N) is 2. The standard InChI is InChI=1S/C20H23N3O2/c1-20(2,25)11-10-14-6-5-7-15(12-14)19(24)21-13-18-22-16-8-3-4-9-17(16)23-18/h3-9,12,25H,10-11,13H2,1-2H3,(H,21,24)(H,22,23). The highest BCUT2D eigenvalue weighted by atomic mass is 16.3. The van der Waals surface area contributed by atoms with Crippen LogP contribution in [0.3, 0.4) is 0 Å². The van der Waals surface area contributed by atoms with Gasteiger partial charge in [0.1, 0.15) is 5.82 Å². The molecule has 3 N–H and O–H groups in total. The Hall–Kier alpha value is -2.66. The monoisotopic (exact) mass is 337 g/mol. The quantitative estimate of drug-likeness (QED) is 0.646. The summed E-state index contributed by atoms with van der Waals surface area (Å²) in [4.78, 5) is 20.0. The second kappa shape index (κ2) is 7.07. The summed E-state index contributed by atoms with van der Waals surface area (Å²) in [7, 11) is 0. The fraction of sp³-hybridized carbons (Fsp3) is 0.300. The van der Waals surface area contributed by atoms with Gasteiger partial charge in [0, 0.05) is 5.56 Å². The second-order valence-corrected chi connectivity index (χ2v) is 6.90. The molecule has 2 aromatic carbocycles. The summed E-state index contributed by atoms with van der Waals surface area (Å²) in [6.45, 7) is 3.93. The molecule has 3 rings (SSSR count). The van der Waals surface area contributed by atoms with Crippen LogP contribution in [0.4, 0.5) is 0 Å². The number of para-hydroxylation sites is 2. The number of rotatable bonds is 6. The number of aryl methyl sites for hydroxylation is 1. The molecule has 130 valence electrons. The molecule has 0 aliphatic heterocycles. The minimum Gasteiger partial charge on any atom is -0.390 e. The Kier molecular flexibility index (Phi) is 4.86. The number of aliphatic hydroxyl groups is 1.